The maximum atomic E-state index is 14.1. The fourth-order valence-electron chi connectivity index (χ4n) is 4.41. The molecule has 8 heteroatoms. The number of rotatable bonds is 6. The zero-order chi connectivity index (χ0) is 23.6. The Bertz CT molecular complexity index is 1160. The molecule has 4 rings (SSSR count). The number of aryl methyl sites for hydroxylation is 1. The number of fused-ring (bicyclic) bond motifs is 1. The van der Waals surface area contributed by atoms with Gasteiger partial charge in [0.2, 0.25) is 0 Å². The summed E-state index contributed by atoms with van der Waals surface area (Å²) in [5, 5.41) is 13.8. The molecule has 0 radical (unpaired) electrons. The van der Waals surface area contributed by atoms with Gasteiger partial charge in [-0.25, -0.2) is 0 Å². The van der Waals surface area contributed by atoms with Crippen LogP contribution in [0.2, 0.25) is 0 Å². The van der Waals surface area contributed by atoms with Crippen molar-refractivity contribution in [3.63, 3.8) is 0 Å². The Morgan fingerprint density at radius 3 is 2.67 bits per heavy atom. The first-order valence-corrected chi connectivity index (χ1v) is 11.4. The molecule has 0 bridgehead atoms. The van der Waals surface area contributed by atoms with E-state index >= 15 is 0 Å². The zero-order valence-corrected chi connectivity index (χ0v) is 19.5. The predicted molar refractivity (Wildman–Crippen MR) is 127 cm³/mol. The van der Waals surface area contributed by atoms with Gasteiger partial charge in [0.05, 0.1) is 11.3 Å². The molecule has 0 spiro atoms. The number of ether oxygens (including phenoxy) is 1. The number of aromatic nitrogens is 2. The maximum Gasteiger partial charge on any atom is 0.310 e. The Hall–Kier alpha value is -3.00. The summed E-state index contributed by atoms with van der Waals surface area (Å²) in [7, 11) is 0. The van der Waals surface area contributed by atoms with Crippen LogP contribution < -0.4 is 20.5 Å². The standard InChI is InChI=1S/C25H31F2N5O/c1-5-20-18(4)29-30-24(21(20)14-17(3)32-12-10-31(6-2)11-13-32)28-15-19-8-7-9-22-23(19)33-16-25(22,26)27/h5,7-9,14H,3,6,10-13,15-16H2,1-2,4H3,(H,28,30)/b20-5-,21-14+. The Kier molecular flexibility index (Phi) is 6.65. The molecule has 0 saturated carbocycles. The van der Waals surface area contributed by atoms with E-state index in [4.69, 9.17) is 4.74 Å². The van der Waals surface area contributed by atoms with Crippen LogP contribution in [0.3, 0.4) is 0 Å². The van der Waals surface area contributed by atoms with Crippen molar-refractivity contribution < 1.29 is 13.5 Å². The summed E-state index contributed by atoms with van der Waals surface area (Å²) in [6.45, 7) is 15.0. The molecule has 0 atom stereocenters. The molecule has 1 N–H and O–H groups in total. The highest BCUT2D eigenvalue weighted by molar-refractivity contribution is 5.55. The third-order valence-corrected chi connectivity index (χ3v) is 6.40. The minimum Gasteiger partial charge on any atom is -0.486 e. The van der Waals surface area contributed by atoms with Crippen molar-refractivity contribution in [3.05, 3.63) is 57.7 Å². The monoisotopic (exact) mass is 455 g/mol. The first-order chi connectivity index (χ1) is 15.8. The Balaban J connectivity index is 1.62. The average molecular weight is 456 g/mol. The van der Waals surface area contributed by atoms with Gasteiger partial charge < -0.3 is 19.9 Å². The van der Waals surface area contributed by atoms with Gasteiger partial charge in [0, 0.05) is 54.4 Å². The number of anilines is 1. The van der Waals surface area contributed by atoms with E-state index in [-0.39, 0.29) is 11.3 Å². The molecule has 33 heavy (non-hydrogen) atoms. The fraction of sp³-hybridized carbons (Fsp3) is 0.440. The maximum absolute atomic E-state index is 14.1. The van der Waals surface area contributed by atoms with Crippen LogP contribution in [0.5, 0.6) is 5.75 Å². The second-order valence-electron chi connectivity index (χ2n) is 8.45. The van der Waals surface area contributed by atoms with Crippen LogP contribution in [0.4, 0.5) is 14.6 Å². The minimum absolute atomic E-state index is 0.0641. The molecular weight excluding hydrogens is 424 g/mol. The van der Waals surface area contributed by atoms with Crippen LogP contribution >= 0.6 is 0 Å². The average Bonchev–Trinajstić information content (AvgIpc) is 3.14. The van der Waals surface area contributed by atoms with Gasteiger partial charge in [-0.3, -0.25) is 0 Å². The molecule has 1 aromatic carbocycles. The molecule has 1 fully saturated rings. The normalized spacial score (nSPS) is 18.9. The molecule has 176 valence electrons. The number of para-hydroxylation sites is 1. The van der Waals surface area contributed by atoms with Crippen molar-refractivity contribution in [1.29, 1.82) is 0 Å². The summed E-state index contributed by atoms with van der Waals surface area (Å²) < 4.78 is 33.4. The largest absolute Gasteiger partial charge is 0.486 e. The van der Waals surface area contributed by atoms with Crippen LogP contribution in [0.1, 0.15) is 30.7 Å². The number of halogens is 2. The van der Waals surface area contributed by atoms with Crippen molar-refractivity contribution >= 4 is 18.0 Å². The van der Waals surface area contributed by atoms with Crippen LogP contribution in [0, 0.1) is 6.92 Å². The Morgan fingerprint density at radius 2 is 1.97 bits per heavy atom. The van der Waals surface area contributed by atoms with Gasteiger partial charge in [0.1, 0.15) is 5.75 Å². The van der Waals surface area contributed by atoms with E-state index in [0.29, 0.717) is 17.9 Å². The van der Waals surface area contributed by atoms with Gasteiger partial charge in [0.15, 0.2) is 12.4 Å². The molecule has 1 saturated heterocycles. The van der Waals surface area contributed by atoms with E-state index in [1.165, 1.54) is 6.07 Å². The van der Waals surface area contributed by atoms with E-state index in [1.54, 1.807) is 12.1 Å². The number of hydrogen-bond donors (Lipinski definition) is 1. The lowest BCUT2D eigenvalue weighted by atomic mass is 10.1. The predicted octanol–water partition coefficient (Wildman–Crippen LogP) is 2.61. The molecule has 0 amide bonds. The van der Waals surface area contributed by atoms with E-state index in [1.807, 2.05) is 26.0 Å². The summed E-state index contributed by atoms with van der Waals surface area (Å²) in [4.78, 5) is 4.70. The first-order valence-electron chi connectivity index (χ1n) is 11.4. The van der Waals surface area contributed by atoms with Gasteiger partial charge in [-0.05, 0) is 32.5 Å². The number of likely N-dealkylation sites (N-methyl/N-ethyl adjacent to an activating group) is 1. The number of allylic oxidation sites excluding steroid dienone is 1. The number of nitrogens with zero attached hydrogens (tertiary/aromatic N) is 4. The summed E-state index contributed by atoms with van der Waals surface area (Å²) in [6.07, 6.45) is 4.05. The Morgan fingerprint density at radius 1 is 1.21 bits per heavy atom. The Labute approximate surface area is 193 Å². The van der Waals surface area contributed by atoms with Gasteiger partial charge in [-0.2, -0.15) is 13.9 Å². The van der Waals surface area contributed by atoms with Crippen LogP contribution in [-0.4, -0.2) is 59.3 Å². The molecular formula is C25H31F2N5O. The first kappa shape index (κ1) is 23.2. The lowest BCUT2D eigenvalue weighted by Crippen LogP contribution is -2.45. The van der Waals surface area contributed by atoms with E-state index in [9.17, 15) is 8.78 Å². The van der Waals surface area contributed by atoms with Gasteiger partial charge in [0.25, 0.3) is 0 Å². The number of piperazine rings is 1. The van der Waals surface area contributed by atoms with Crippen molar-refractivity contribution in [2.75, 3.05) is 44.6 Å². The SMILES string of the molecule is C=C(/C=c1/c(NCc2cccc3c2OCC3(F)F)nnc(C)/c1=C/C)N1CCN(CC)CC1. The molecule has 0 aliphatic carbocycles. The zero-order valence-electron chi connectivity index (χ0n) is 19.5. The van der Waals surface area contributed by atoms with Crippen LogP contribution in [0.15, 0.2) is 30.5 Å². The van der Waals surface area contributed by atoms with Crippen molar-refractivity contribution in [2.45, 2.75) is 33.2 Å². The molecule has 2 aliphatic rings. The highest BCUT2D eigenvalue weighted by Gasteiger charge is 2.42. The highest BCUT2D eigenvalue weighted by atomic mass is 19.3. The van der Waals surface area contributed by atoms with Gasteiger partial charge in [-0.1, -0.05) is 31.7 Å². The smallest absolute Gasteiger partial charge is 0.310 e. The third-order valence-electron chi connectivity index (χ3n) is 6.40. The topological polar surface area (TPSA) is 53.5 Å². The van der Waals surface area contributed by atoms with E-state index in [2.05, 4.69) is 38.8 Å². The summed E-state index contributed by atoms with van der Waals surface area (Å²) >= 11 is 0. The number of benzene rings is 1. The van der Waals surface area contributed by atoms with Gasteiger partial charge in [-0.15, -0.1) is 5.10 Å². The van der Waals surface area contributed by atoms with Gasteiger partial charge >= 0.3 is 5.92 Å². The van der Waals surface area contributed by atoms with Crippen molar-refractivity contribution in [1.82, 2.24) is 20.0 Å². The third kappa shape index (κ3) is 4.71. The molecule has 2 aliphatic heterocycles. The molecule has 1 aromatic heterocycles. The van der Waals surface area contributed by atoms with Crippen LogP contribution in [0.25, 0.3) is 12.2 Å². The fourth-order valence-corrected chi connectivity index (χ4v) is 4.41. The molecule has 3 heterocycles. The second-order valence-corrected chi connectivity index (χ2v) is 8.45. The quantitative estimate of drug-likeness (QED) is 0.723. The number of alkyl halides is 2. The van der Waals surface area contributed by atoms with Crippen LogP contribution in [-0.2, 0) is 12.5 Å². The number of nitrogens with one attached hydrogen (secondary N) is 1. The minimum atomic E-state index is -2.96. The van der Waals surface area contributed by atoms with E-state index in [0.717, 1.165) is 54.6 Å². The molecule has 2 aromatic rings. The molecule has 6 nitrogen and oxygen atoms in total. The summed E-state index contributed by atoms with van der Waals surface area (Å²) in [6, 6.07) is 4.84. The van der Waals surface area contributed by atoms with E-state index < -0.39 is 12.5 Å². The summed E-state index contributed by atoms with van der Waals surface area (Å²) in [5.74, 6) is -2.12. The second kappa shape index (κ2) is 9.47. The lowest BCUT2D eigenvalue weighted by molar-refractivity contribution is -0.0214. The van der Waals surface area contributed by atoms with Crippen molar-refractivity contribution in [3.8, 4) is 5.75 Å². The lowest BCUT2D eigenvalue weighted by Gasteiger charge is -2.35. The molecule has 0 unspecified atom stereocenters. The van der Waals surface area contributed by atoms with Crippen molar-refractivity contribution in [2.24, 2.45) is 0 Å². The number of hydrogen-bond acceptors (Lipinski definition) is 6. The highest BCUT2D eigenvalue weighted by Crippen LogP contribution is 2.43. The summed E-state index contributed by atoms with van der Waals surface area (Å²) in [5.41, 5.74) is 2.34.